The Hall–Kier alpha value is -2.56. The van der Waals surface area contributed by atoms with Gasteiger partial charge >= 0.3 is 0 Å². The molecule has 0 saturated carbocycles. The first-order chi connectivity index (χ1) is 12.7. The number of hydrogen-bond donors (Lipinski definition) is 1. The van der Waals surface area contributed by atoms with Crippen LogP contribution in [0.2, 0.25) is 0 Å². The van der Waals surface area contributed by atoms with Crippen LogP contribution in [0.5, 0.6) is 0 Å². The minimum Gasteiger partial charge on any atom is -0.466 e. The average Bonchev–Trinajstić information content (AvgIpc) is 3.15. The van der Waals surface area contributed by atoms with Gasteiger partial charge in [0, 0.05) is 36.7 Å². The molecule has 2 heterocycles. The predicted octanol–water partition coefficient (Wildman–Crippen LogP) is 3.94. The van der Waals surface area contributed by atoms with Crippen molar-refractivity contribution in [2.24, 2.45) is 5.41 Å². The van der Waals surface area contributed by atoms with Crippen LogP contribution in [-0.4, -0.2) is 18.4 Å². The van der Waals surface area contributed by atoms with E-state index >= 15 is 0 Å². The summed E-state index contributed by atoms with van der Waals surface area (Å²) in [6, 6.07) is 7.61. The lowest BCUT2D eigenvalue weighted by Gasteiger charge is -2.34. The Morgan fingerprint density at radius 3 is 2.78 bits per heavy atom. The summed E-state index contributed by atoms with van der Waals surface area (Å²) in [6.45, 7) is 8.62. The quantitative estimate of drug-likeness (QED) is 0.876. The van der Waals surface area contributed by atoms with E-state index in [1.54, 1.807) is 11.8 Å². The highest BCUT2D eigenvalue weighted by Gasteiger charge is 2.35. The van der Waals surface area contributed by atoms with E-state index in [0.717, 1.165) is 47.6 Å². The van der Waals surface area contributed by atoms with Crippen molar-refractivity contribution in [3.05, 3.63) is 52.5 Å². The molecule has 0 spiro atoms. The molecule has 0 radical (unpaired) electrons. The Balaban J connectivity index is 1.57. The lowest BCUT2D eigenvalue weighted by molar-refractivity contribution is -0.116. The van der Waals surface area contributed by atoms with Gasteiger partial charge in [0.2, 0.25) is 5.91 Å². The minimum atomic E-state index is -0.0772. The minimum absolute atomic E-state index is 0.0400. The van der Waals surface area contributed by atoms with Gasteiger partial charge in [-0.05, 0) is 55.0 Å². The SMILES string of the molecule is CC(=O)N1CCc2cc(C(=O)N[C@@H]3CC(C)(C)Cc4oc(C)cc43)ccc21. The van der Waals surface area contributed by atoms with Crippen molar-refractivity contribution in [1.82, 2.24) is 5.32 Å². The molecule has 142 valence electrons. The normalized spacial score (nSPS) is 20.1. The maximum Gasteiger partial charge on any atom is 0.251 e. The summed E-state index contributed by atoms with van der Waals surface area (Å²) in [4.78, 5) is 26.4. The smallest absolute Gasteiger partial charge is 0.251 e. The highest BCUT2D eigenvalue weighted by Crippen LogP contribution is 2.42. The number of rotatable bonds is 2. The van der Waals surface area contributed by atoms with Crippen molar-refractivity contribution in [3.8, 4) is 0 Å². The number of hydrogen-bond acceptors (Lipinski definition) is 3. The van der Waals surface area contributed by atoms with Crippen LogP contribution in [0.4, 0.5) is 5.69 Å². The van der Waals surface area contributed by atoms with Gasteiger partial charge in [0.15, 0.2) is 0 Å². The van der Waals surface area contributed by atoms with E-state index in [-0.39, 0.29) is 23.3 Å². The Morgan fingerprint density at radius 2 is 2.04 bits per heavy atom. The zero-order chi connectivity index (χ0) is 19.3. The zero-order valence-corrected chi connectivity index (χ0v) is 16.4. The fourth-order valence-corrected chi connectivity index (χ4v) is 4.43. The summed E-state index contributed by atoms with van der Waals surface area (Å²) in [5, 5.41) is 3.21. The van der Waals surface area contributed by atoms with Crippen LogP contribution >= 0.6 is 0 Å². The highest BCUT2D eigenvalue weighted by atomic mass is 16.3. The molecule has 0 fully saturated rings. The van der Waals surface area contributed by atoms with Crippen molar-refractivity contribution in [2.75, 3.05) is 11.4 Å². The Morgan fingerprint density at radius 1 is 1.26 bits per heavy atom. The van der Waals surface area contributed by atoms with Gasteiger partial charge in [0.1, 0.15) is 11.5 Å². The molecule has 2 aliphatic rings. The van der Waals surface area contributed by atoms with Crippen molar-refractivity contribution in [3.63, 3.8) is 0 Å². The van der Waals surface area contributed by atoms with Gasteiger partial charge in [-0.1, -0.05) is 13.8 Å². The molecule has 1 atom stereocenters. The molecule has 1 aliphatic carbocycles. The number of amides is 2. The number of benzene rings is 1. The van der Waals surface area contributed by atoms with Crippen molar-refractivity contribution < 1.29 is 14.0 Å². The molecule has 0 unspecified atom stereocenters. The Labute approximate surface area is 159 Å². The second-order valence-corrected chi connectivity index (χ2v) is 8.57. The van der Waals surface area contributed by atoms with Crippen molar-refractivity contribution in [2.45, 2.75) is 53.0 Å². The molecule has 4 rings (SSSR count). The van der Waals surface area contributed by atoms with Crippen LogP contribution in [0.25, 0.3) is 0 Å². The summed E-state index contributed by atoms with van der Waals surface area (Å²) in [6.07, 6.45) is 2.56. The second-order valence-electron chi connectivity index (χ2n) is 8.57. The van der Waals surface area contributed by atoms with E-state index in [2.05, 4.69) is 19.2 Å². The van der Waals surface area contributed by atoms with Gasteiger partial charge in [-0.2, -0.15) is 0 Å². The van der Waals surface area contributed by atoms with Crippen LogP contribution < -0.4 is 10.2 Å². The maximum absolute atomic E-state index is 12.9. The number of carbonyl (C=O) groups excluding carboxylic acids is 2. The summed E-state index contributed by atoms with van der Waals surface area (Å²) in [5.74, 6) is 1.84. The van der Waals surface area contributed by atoms with E-state index in [1.165, 1.54) is 0 Å². The first-order valence-corrected chi connectivity index (χ1v) is 9.55. The van der Waals surface area contributed by atoms with Gasteiger partial charge in [0.25, 0.3) is 5.91 Å². The first kappa shape index (κ1) is 17.8. The van der Waals surface area contributed by atoms with Crippen molar-refractivity contribution >= 4 is 17.5 Å². The van der Waals surface area contributed by atoms with Gasteiger partial charge in [-0.3, -0.25) is 9.59 Å². The van der Waals surface area contributed by atoms with E-state index in [0.29, 0.717) is 12.1 Å². The van der Waals surface area contributed by atoms with E-state index < -0.39 is 0 Å². The summed E-state index contributed by atoms with van der Waals surface area (Å²) in [7, 11) is 0. The molecular weight excluding hydrogens is 340 g/mol. The topological polar surface area (TPSA) is 62.6 Å². The third kappa shape index (κ3) is 3.27. The number of anilines is 1. The number of furan rings is 1. The van der Waals surface area contributed by atoms with Gasteiger partial charge in [0.05, 0.1) is 6.04 Å². The molecule has 0 bridgehead atoms. The van der Waals surface area contributed by atoms with Crippen LogP contribution in [0.1, 0.15) is 66.2 Å². The number of aryl methyl sites for hydroxylation is 1. The number of nitrogens with one attached hydrogen (secondary N) is 1. The van der Waals surface area contributed by atoms with Crippen LogP contribution in [-0.2, 0) is 17.6 Å². The van der Waals surface area contributed by atoms with Crippen LogP contribution in [0.15, 0.2) is 28.7 Å². The van der Waals surface area contributed by atoms with Crippen LogP contribution in [0.3, 0.4) is 0 Å². The number of nitrogens with zero attached hydrogens (tertiary/aromatic N) is 1. The average molecular weight is 366 g/mol. The molecule has 2 aromatic rings. The number of fused-ring (bicyclic) bond motifs is 2. The molecule has 27 heavy (non-hydrogen) atoms. The largest absolute Gasteiger partial charge is 0.466 e. The third-order valence-corrected chi connectivity index (χ3v) is 5.66. The first-order valence-electron chi connectivity index (χ1n) is 9.55. The second kappa shape index (κ2) is 6.25. The molecular formula is C22H26N2O3. The molecule has 0 saturated heterocycles. The Kier molecular flexibility index (Phi) is 4.13. The molecule has 1 aliphatic heterocycles. The van der Waals surface area contributed by atoms with Crippen molar-refractivity contribution in [1.29, 1.82) is 0 Å². The van der Waals surface area contributed by atoms with E-state index in [9.17, 15) is 9.59 Å². The molecule has 5 nitrogen and oxygen atoms in total. The lowest BCUT2D eigenvalue weighted by Crippen LogP contribution is -2.36. The standard InChI is InChI=1S/C22H26N2O3/c1-13-9-17-18(11-22(3,4)12-20(17)27-13)23-21(26)16-5-6-19-15(10-16)7-8-24(19)14(2)25/h5-6,9-10,18H,7-8,11-12H2,1-4H3,(H,23,26)/t18-/m1/s1. The summed E-state index contributed by atoms with van der Waals surface area (Å²) in [5.41, 5.74) is 3.80. The molecule has 1 aromatic carbocycles. The highest BCUT2D eigenvalue weighted by molar-refractivity contribution is 5.98. The Bertz CT molecular complexity index is 926. The third-order valence-electron chi connectivity index (χ3n) is 5.66. The number of carbonyl (C=O) groups is 2. The molecule has 1 N–H and O–H groups in total. The predicted molar refractivity (Wildman–Crippen MR) is 104 cm³/mol. The molecule has 2 amide bonds. The van der Waals surface area contributed by atoms with Gasteiger partial charge in [-0.15, -0.1) is 0 Å². The monoisotopic (exact) mass is 366 g/mol. The summed E-state index contributed by atoms with van der Waals surface area (Å²) < 4.78 is 5.87. The maximum atomic E-state index is 12.9. The molecule has 5 heteroatoms. The van der Waals surface area contributed by atoms with Gasteiger partial charge < -0.3 is 14.6 Å². The molecule has 1 aromatic heterocycles. The van der Waals surface area contributed by atoms with Crippen LogP contribution in [0, 0.1) is 12.3 Å². The fourth-order valence-electron chi connectivity index (χ4n) is 4.43. The fraction of sp³-hybridized carbons (Fsp3) is 0.455. The zero-order valence-electron chi connectivity index (χ0n) is 16.4. The summed E-state index contributed by atoms with van der Waals surface area (Å²) >= 11 is 0. The lowest BCUT2D eigenvalue weighted by atomic mass is 9.74. The van der Waals surface area contributed by atoms with Gasteiger partial charge in [-0.25, -0.2) is 0 Å². The van der Waals surface area contributed by atoms with E-state index in [1.807, 2.05) is 31.2 Å². The van der Waals surface area contributed by atoms with E-state index in [4.69, 9.17) is 4.42 Å².